The summed E-state index contributed by atoms with van der Waals surface area (Å²) >= 11 is 0. The Hall–Kier alpha value is -2.97. The summed E-state index contributed by atoms with van der Waals surface area (Å²) in [6.07, 6.45) is 2.52. The molecule has 0 bridgehead atoms. The van der Waals surface area contributed by atoms with Crippen molar-refractivity contribution in [3.63, 3.8) is 0 Å². The maximum atomic E-state index is 13.2. The van der Waals surface area contributed by atoms with Crippen LogP contribution in [0.4, 0.5) is 0 Å². The monoisotopic (exact) mass is 476 g/mol. The van der Waals surface area contributed by atoms with Crippen molar-refractivity contribution in [1.29, 1.82) is 0 Å². The Balaban J connectivity index is 1.82. The molecule has 34 heavy (non-hydrogen) atoms. The van der Waals surface area contributed by atoms with Crippen molar-refractivity contribution in [1.82, 2.24) is 0 Å². The van der Waals surface area contributed by atoms with Gasteiger partial charge in [0.15, 0.2) is 5.78 Å². The molecular formula is C25H32O9. The summed E-state index contributed by atoms with van der Waals surface area (Å²) < 4.78 is 11.3. The second kappa shape index (κ2) is 9.72. The number of carbonyl (C=O) groups is 5. The van der Waals surface area contributed by atoms with Crippen LogP contribution in [0.3, 0.4) is 0 Å². The minimum absolute atomic E-state index is 0.0125. The maximum Gasteiger partial charge on any atom is 0.306 e. The lowest BCUT2D eigenvalue weighted by Gasteiger charge is -2.36. The standard InChI is InChI=1S/C25H32O9/c1-14-21-16(22(32)15(2)25(14)10-11-25)12-24(3,13-33-19(30)8-4-6-17(26)27)23(21)34-20(31)9-5-7-18(28)29/h12,15,23H,4-11,13H2,1-3H3,(H,26,27)(H,28,29)/t15-,23?,24+/m1/s1. The van der Waals surface area contributed by atoms with Crippen molar-refractivity contribution in [3.8, 4) is 0 Å². The number of esters is 2. The highest BCUT2D eigenvalue weighted by Crippen LogP contribution is 2.64. The van der Waals surface area contributed by atoms with Crippen LogP contribution < -0.4 is 0 Å². The fraction of sp³-hybridized carbons (Fsp3) is 0.640. The maximum absolute atomic E-state index is 13.2. The molecule has 0 saturated heterocycles. The predicted molar refractivity (Wildman–Crippen MR) is 119 cm³/mol. The quantitative estimate of drug-likeness (QED) is 0.429. The zero-order chi connectivity index (χ0) is 25.3. The number of aliphatic carboxylic acids is 2. The Morgan fingerprint density at radius 2 is 1.56 bits per heavy atom. The van der Waals surface area contributed by atoms with E-state index in [0.29, 0.717) is 11.1 Å². The van der Waals surface area contributed by atoms with Crippen LogP contribution >= 0.6 is 0 Å². The molecule has 9 heteroatoms. The van der Waals surface area contributed by atoms with Gasteiger partial charge in [-0.3, -0.25) is 24.0 Å². The van der Waals surface area contributed by atoms with Crippen LogP contribution in [-0.2, 0) is 33.4 Å². The van der Waals surface area contributed by atoms with E-state index >= 15 is 0 Å². The molecule has 3 aliphatic rings. The Kier molecular flexibility index (Phi) is 7.33. The van der Waals surface area contributed by atoms with Gasteiger partial charge in [-0.1, -0.05) is 18.6 Å². The van der Waals surface area contributed by atoms with Crippen molar-refractivity contribution in [2.24, 2.45) is 16.7 Å². The molecule has 1 spiro atoms. The van der Waals surface area contributed by atoms with Gasteiger partial charge in [-0.15, -0.1) is 0 Å². The highest BCUT2D eigenvalue weighted by atomic mass is 16.6. The number of carbonyl (C=O) groups excluding carboxylic acids is 3. The minimum Gasteiger partial charge on any atom is -0.481 e. The van der Waals surface area contributed by atoms with Gasteiger partial charge in [0.1, 0.15) is 12.7 Å². The van der Waals surface area contributed by atoms with Gasteiger partial charge in [-0.25, -0.2) is 0 Å². The molecule has 0 aromatic rings. The lowest BCUT2D eigenvalue weighted by atomic mass is 9.70. The van der Waals surface area contributed by atoms with E-state index in [1.807, 2.05) is 13.8 Å². The normalized spacial score (nSPS) is 26.7. The molecule has 1 fully saturated rings. The van der Waals surface area contributed by atoms with Gasteiger partial charge < -0.3 is 19.7 Å². The summed E-state index contributed by atoms with van der Waals surface area (Å²) in [5.74, 6) is -3.33. The van der Waals surface area contributed by atoms with Crippen LogP contribution in [0.5, 0.6) is 0 Å². The molecule has 1 unspecified atom stereocenters. The van der Waals surface area contributed by atoms with Crippen LogP contribution in [0.25, 0.3) is 0 Å². The molecule has 1 saturated carbocycles. The molecule has 0 heterocycles. The van der Waals surface area contributed by atoms with Gasteiger partial charge in [0.25, 0.3) is 0 Å². The van der Waals surface area contributed by atoms with Crippen molar-refractivity contribution in [3.05, 3.63) is 22.8 Å². The summed E-state index contributed by atoms with van der Waals surface area (Å²) in [4.78, 5) is 59.5. The fourth-order valence-electron chi connectivity index (χ4n) is 5.15. The van der Waals surface area contributed by atoms with E-state index < -0.39 is 35.4 Å². The van der Waals surface area contributed by atoms with Gasteiger partial charge in [0, 0.05) is 48.2 Å². The lowest BCUT2D eigenvalue weighted by molar-refractivity contribution is -0.156. The fourth-order valence-corrected chi connectivity index (χ4v) is 5.15. The molecule has 3 aliphatic carbocycles. The number of allylic oxidation sites excluding steroid dienone is 1. The van der Waals surface area contributed by atoms with Crippen LogP contribution in [-0.4, -0.2) is 52.6 Å². The average Bonchev–Trinajstić information content (AvgIpc) is 3.50. The van der Waals surface area contributed by atoms with Crippen molar-refractivity contribution in [2.75, 3.05) is 6.61 Å². The van der Waals surface area contributed by atoms with E-state index in [1.54, 1.807) is 13.0 Å². The molecule has 3 rings (SSSR count). The molecule has 2 N–H and O–H groups in total. The van der Waals surface area contributed by atoms with Crippen LogP contribution in [0.1, 0.15) is 72.1 Å². The summed E-state index contributed by atoms with van der Waals surface area (Å²) in [5.41, 5.74) is 0.987. The predicted octanol–water partition coefficient (Wildman–Crippen LogP) is 3.21. The van der Waals surface area contributed by atoms with Gasteiger partial charge in [0.2, 0.25) is 0 Å². The molecule has 0 amide bonds. The average molecular weight is 477 g/mol. The Labute approximate surface area is 198 Å². The van der Waals surface area contributed by atoms with Crippen molar-refractivity contribution >= 4 is 29.7 Å². The highest BCUT2D eigenvalue weighted by molar-refractivity contribution is 6.05. The smallest absolute Gasteiger partial charge is 0.306 e. The number of ether oxygens (including phenoxy) is 2. The van der Waals surface area contributed by atoms with E-state index in [2.05, 4.69) is 0 Å². The number of hydrogen-bond acceptors (Lipinski definition) is 7. The lowest BCUT2D eigenvalue weighted by Crippen LogP contribution is -2.40. The van der Waals surface area contributed by atoms with Crippen molar-refractivity contribution in [2.45, 2.75) is 78.2 Å². The number of ketones is 1. The first-order chi connectivity index (χ1) is 15.9. The second-order valence-corrected chi connectivity index (χ2v) is 9.87. The number of Topliss-reactive ketones (excluding diaryl/α,β-unsaturated/α-hetero) is 1. The van der Waals surface area contributed by atoms with Gasteiger partial charge >= 0.3 is 23.9 Å². The Morgan fingerprint density at radius 3 is 2.09 bits per heavy atom. The van der Waals surface area contributed by atoms with E-state index in [0.717, 1.165) is 18.4 Å². The van der Waals surface area contributed by atoms with E-state index in [4.69, 9.17) is 19.7 Å². The molecule has 3 atom stereocenters. The first kappa shape index (κ1) is 25.6. The third-order valence-corrected chi connectivity index (χ3v) is 7.39. The Bertz CT molecular complexity index is 969. The topological polar surface area (TPSA) is 144 Å². The Morgan fingerprint density at radius 1 is 1.00 bits per heavy atom. The molecular weight excluding hydrogens is 444 g/mol. The van der Waals surface area contributed by atoms with Gasteiger partial charge in [0.05, 0.1) is 5.41 Å². The third kappa shape index (κ3) is 5.08. The first-order valence-corrected chi connectivity index (χ1v) is 11.7. The number of rotatable bonds is 11. The zero-order valence-corrected chi connectivity index (χ0v) is 19.8. The summed E-state index contributed by atoms with van der Waals surface area (Å²) in [6, 6.07) is 0. The summed E-state index contributed by atoms with van der Waals surface area (Å²) in [5, 5.41) is 17.6. The van der Waals surface area contributed by atoms with Crippen LogP contribution in [0, 0.1) is 16.7 Å². The second-order valence-electron chi connectivity index (χ2n) is 9.87. The number of carboxylic acids is 2. The first-order valence-electron chi connectivity index (χ1n) is 11.7. The minimum atomic E-state index is -1.00. The molecule has 9 nitrogen and oxygen atoms in total. The van der Waals surface area contributed by atoms with Crippen LogP contribution in [0.2, 0.25) is 0 Å². The SMILES string of the molecule is CC1=C2C(=C[C@@](C)(COC(=O)CCCC(=O)O)C2OC(=O)CCCC(=O)O)C(=O)[C@@H](C)C12CC2. The molecule has 0 aromatic carbocycles. The largest absolute Gasteiger partial charge is 0.481 e. The number of carboxylic acid groups (broad SMARTS) is 2. The van der Waals surface area contributed by atoms with Crippen LogP contribution in [0.15, 0.2) is 22.8 Å². The van der Waals surface area contributed by atoms with E-state index in [1.165, 1.54) is 0 Å². The molecule has 0 aliphatic heterocycles. The third-order valence-electron chi connectivity index (χ3n) is 7.39. The van der Waals surface area contributed by atoms with E-state index in [9.17, 15) is 24.0 Å². The summed E-state index contributed by atoms with van der Waals surface area (Å²) in [7, 11) is 0. The summed E-state index contributed by atoms with van der Waals surface area (Å²) in [6.45, 7) is 5.51. The highest BCUT2D eigenvalue weighted by Gasteiger charge is 2.60. The van der Waals surface area contributed by atoms with Gasteiger partial charge in [-0.2, -0.15) is 0 Å². The molecule has 0 aromatic heterocycles. The number of fused-ring (bicyclic) bond motifs is 1. The number of hydrogen-bond donors (Lipinski definition) is 2. The molecule has 0 radical (unpaired) electrons. The molecule has 186 valence electrons. The zero-order valence-electron chi connectivity index (χ0n) is 19.8. The van der Waals surface area contributed by atoms with Crippen molar-refractivity contribution < 1.29 is 43.7 Å². The van der Waals surface area contributed by atoms with E-state index in [-0.39, 0.29) is 62.2 Å². The van der Waals surface area contributed by atoms with Gasteiger partial charge in [-0.05, 0) is 39.5 Å².